The predicted octanol–water partition coefficient (Wildman–Crippen LogP) is 1.84. The van der Waals surface area contributed by atoms with Gasteiger partial charge in [-0.25, -0.2) is 13.1 Å². The number of guanidine groups is 1. The number of hydrogen-bond donors (Lipinski definition) is 3. The van der Waals surface area contributed by atoms with Crippen LogP contribution >= 0.6 is 24.0 Å². The van der Waals surface area contributed by atoms with Crippen LogP contribution in [-0.2, 0) is 21.3 Å². The van der Waals surface area contributed by atoms with Crippen LogP contribution in [-0.4, -0.2) is 47.7 Å². The average molecular weight is 496 g/mol. The Bertz CT molecular complexity index is 676. The molecule has 0 radical (unpaired) electrons. The molecule has 0 atom stereocenters. The molecule has 0 saturated heterocycles. The third kappa shape index (κ3) is 7.37. The summed E-state index contributed by atoms with van der Waals surface area (Å²) in [7, 11) is -0.246. The molecule has 0 aliphatic heterocycles. The molecule has 9 heteroatoms. The Hall–Kier alpha value is -0.910. The first kappa shape index (κ1) is 23.1. The van der Waals surface area contributed by atoms with Crippen LogP contribution in [0, 0.1) is 0 Å². The lowest BCUT2D eigenvalue weighted by Gasteiger charge is -2.17. The van der Waals surface area contributed by atoms with E-state index in [9.17, 15) is 8.42 Å². The number of methoxy groups -OCH3 is 1. The molecule has 7 nitrogen and oxygen atoms in total. The molecular formula is C17H29IN4O3S. The lowest BCUT2D eigenvalue weighted by atomic mass is 10.2. The standard InChI is InChI=1S/C17H28N4O3S.HI/c1-18-17(21-15-7-3-4-8-15)19-13-14-6-5-9-16(12-14)25(22,23)20-10-11-24-2;/h5-6,9,12,15,20H,3-4,7-8,10-11,13H2,1-2H3,(H2,18,19,21);1H. The van der Waals surface area contributed by atoms with Gasteiger partial charge in [0, 0.05) is 33.3 Å². The Balaban J connectivity index is 0.00000338. The van der Waals surface area contributed by atoms with Crippen molar-refractivity contribution in [1.82, 2.24) is 15.4 Å². The highest BCUT2D eigenvalue weighted by Crippen LogP contribution is 2.17. The quantitative estimate of drug-likeness (QED) is 0.221. The molecule has 0 spiro atoms. The minimum atomic E-state index is -3.52. The van der Waals surface area contributed by atoms with Gasteiger partial charge < -0.3 is 15.4 Å². The Morgan fingerprint density at radius 3 is 2.69 bits per heavy atom. The number of nitrogens with one attached hydrogen (secondary N) is 3. The third-order valence-electron chi connectivity index (χ3n) is 4.19. The van der Waals surface area contributed by atoms with E-state index in [1.165, 1.54) is 32.8 Å². The molecule has 26 heavy (non-hydrogen) atoms. The van der Waals surface area contributed by atoms with Crippen LogP contribution in [0.4, 0.5) is 0 Å². The summed E-state index contributed by atoms with van der Waals surface area (Å²) in [6.07, 6.45) is 4.85. The molecule has 3 N–H and O–H groups in total. The SMILES string of the molecule is CN=C(NCc1cccc(S(=O)(=O)NCCOC)c1)NC1CCCC1.I. The van der Waals surface area contributed by atoms with E-state index in [0.717, 1.165) is 11.5 Å². The number of benzene rings is 1. The molecule has 1 aliphatic carbocycles. The highest BCUT2D eigenvalue weighted by atomic mass is 127. The van der Waals surface area contributed by atoms with E-state index in [1.807, 2.05) is 6.07 Å². The second-order valence-electron chi connectivity index (χ2n) is 6.09. The smallest absolute Gasteiger partial charge is 0.240 e. The molecule has 1 saturated carbocycles. The molecule has 0 unspecified atom stereocenters. The van der Waals surface area contributed by atoms with Crippen LogP contribution in [0.15, 0.2) is 34.2 Å². The second kappa shape index (κ2) is 11.7. The lowest BCUT2D eigenvalue weighted by Crippen LogP contribution is -2.41. The zero-order valence-corrected chi connectivity index (χ0v) is 18.5. The van der Waals surface area contributed by atoms with Crippen LogP contribution in [0.5, 0.6) is 0 Å². The third-order valence-corrected chi connectivity index (χ3v) is 5.65. The van der Waals surface area contributed by atoms with Crippen molar-refractivity contribution in [3.05, 3.63) is 29.8 Å². The fourth-order valence-electron chi connectivity index (χ4n) is 2.83. The van der Waals surface area contributed by atoms with Gasteiger partial charge in [0.1, 0.15) is 0 Å². The van der Waals surface area contributed by atoms with Crippen molar-refractivity contribution in [1.29, 1.82) is 0 Å². The van der Waals surface area contributed by atoms with Crippen molar-refractivity contribution < 1.29 is 13.2 Å². The Labute approximate surface area is 173 Å². The van der Waals surface area contributed by atoms with Gasteiger partial charge in [0.25, 0.3) is 0 Å². The molecule has 0 heterocycles. The fraction of sp³-hybridized carbons (Fsp3) is 0.588. The molecule has 2 rings (SSSR count). The lowest BCUT2D eigenvalue weighted by molar-refractivity contribution is 0.204. The number of ether oxygens (including phenoxy) is 1. The van der Waals surface area contributed by atoms with E-state index in [0.29, 0.717) is 19.2 Å². The summed E-state index contributed by atoms with van der Waals surface area (Å²) < 4.78 is 31.9. The van der Waals surface area contributed by atoms with Crippen LogP contribution in [0.1, 0.15) is 31.2 Å². The number of sulfonamides is 1. The zero-order chi connectivity index (χ0) is 18.1. The number of nitrogens with zero attached hydrogens (tertiary/aromatic N) is 1. The second-order valence-corrected chi connectivity index (χ2v) is 7.86. The number of rotatable bonds is 8. The van der Waals surface area contributed by atoms with Crippen molar-refractivity contribution in [2.75, 3.05) is 27.3 Å². The summed E-state index contributed by atoms with van der Waals surface area (Å²) in [4.78, 5) is 4.49. The van der Waals surface area contributed by atoms with Crippen LogP contribution in [0.25, 0.3) is 0 Å². The van der Waals surface area contributed by atoms with E-state index in [4.69, 9.17) is 4.74 Å². The number of aliphatic imine (C=N–C) groups is 1. The molecule has 1 fully saturated rings. The monoisotopic (exact) mass is 496 g/mol. The first-order valence-corrected chi connectivity index (χ1v) is 10.1. The van der Waals surface area contributed by atoms with Gasteiger partial charge in [0.15, 0.2) is 5.96 Å². The molecule has 148 valence electrons. The van der Waals surface area contributed by atoms with E-state index in [2.05, 4.69) is 20.3 Å². The van der Waals surface area contributed by atoms with Gasteiger partial charge >= 0.3 is 0 Å². The van der Waals surface area contributed by atoms with E-state index >= 15 is 0 Å². The Kier molecular flexibility index (Phi) is 10.4. The van der Waals surface area contributed by atoms with Crippen LogP contribution < -0.4 is 15.4 Å². The Morgan fingerprint density at radius 2 is 2.04 bits per heavy atom. The normalized spacial score (nSPS) is 15.5. The molecular weight excluding hydrogens is 467 g/mol. The van der Waals surface area contributed by atoms with Crippen molar-refractivity contribution in [3.8, 4) is 0 Å². The van der Waals surface area contributed by atoms with Gasteiger partial charge in [-0.3, -0.25) is 4.99 Å². The summed E-state index contributed by atoms with van der Waals surface area (Å²) in [6, 6.07) is 7.37. The summed E-state index contributed by atoms with van der Waals surface area (Å²) in [5.74, 6) is 0.748. The molecule has 0 aromatic heterocycles. The maximum absolute atomic E-state index is 12.3. The largest absolute Gasteiger partial charge is 0.383 e. The van der Waals surface area contributed by atoms with Crippen LogP contribution in [0.2, 0.25) is 0 Å². The summed E-state index contributed by atoms with van der Waals surface area (Å²) in [5.41, 5.74) is 0.879. The van der Waals surface area contributed by atoms with Gasteiger partial charge in [-0.1, -0.05) is 25.0 Å². The van der Waals surface area contributed by atoms with Crippen molar-refractivity contribution in [3.63, 3.8) is 0 Å². The summed E-state index contributed by atoms with van der Waals surface area (Å²) in [6.45, 7) is 1.09. The maximum atomic E-state index is 12.3. The maximum Gasteiger partial charge on any atom is 0.240 e. The zero-order valence-electron chi connectivity index (χ0n) is 15.3. The summed E-state index contributed by atoms with van der Waals surface area (Å²) in [5, 5.41) is 6.66. The topological polar surface area (TPSA) is 91.8 Å². The molecule has 1 aromatic rings. The van der Waals surface area contributed by atoms with Gasteiger partial charge in [-0.2, -0.15) is 0 Å². The van der Waals surface area contributed by atoms with Crippen LogP contribution in [0.3, 0.4) is 0 Å². The van der Waals surface area contributed by atoms with E-state index < -0.39 is 10.0 Å². The highest BCUT2D eigenvalue weighted by molar-refractivity contribution is 14.0. The molecule has 0 amide bonds. The van der Waals surface area contributed by atoms with E-state index in [1.54, 1.807) is 25.2 Å². The Morgan fingerprint density at radius 1 is 1.31 bits per heavy atom. The molecule has 1 aliphatic rings. The van der Waals surface area contributed by atoms with Gasteiger partial charge in [-0.15, -0.1) is 24.0 Å². The minimum absolute atomic E-state index is 0. The first-order valence-electron chi connectivity index (χ1n) is 8.60. The van der Waals surface area contributed by atoms with Gasteiger partial charge in [0.2, 0.25) is 10.0 Å². The van der Waals surface area contributed by atoms with Crippen molar-refractivity contribution in [2.24, 2.45) is 4.99 Å². The fourth-order valence-corrected chi connectivity index (χ4v) is 3.91. The number of halogens is 1. The predicted molar refractivity (Wildman–Crippen MR) is 115 cm³/mol. The summed E-state index contributed by atoms with van der Waals surface area (Å²) >= 11 is 0. The van der Waals surface area contributed by atoms with Crippen molar-refractivity contribution in [2.45, 2.75) is 43.2 Å². The van der Waals surface area contributed by atoms with E-state index in [-0.39, 0.29) is 35.4 Å². The van der Waals surface area contributed by atoms with Gasteiger partial charge in [-0.05, 0) is 30.5 Å². The number of hydrogen-bond acceptors (Lipinski definition) is 4. The first-order chi connectivity index (χ1) is 12.0. The minimum Gasteiger partial charge on any atom is -0.383 e. The van der Waals surface area contributed by atoms with Crippen molar-refractivity contribution >= 4 is 40.0 Å². The average Bonchev–Trinajstić information content (AvgIpc) is 3.12. The molecule has 0 bridgehead atoms. The van der Waals surface area contributed by atoms with Gasteiger partial charge in [0.05, 0.1) is 11.5 Å². The molecule has 1 aromatic carbocycles. The highest BCUT2D eigenvalue weighted by Gasteiger charge is 2.16.